The molecule has 0 unspecified atom stereocenters. The summed E-state index contributed by atoms with van der Waals surface area (Å²) in [6.07, 6.45) is 5.12. The Labute approximate surface area is 145 Å². The molecule has 134 valence electrons. The van der Waals surface area contributed by atoms with Crippen molar-refractivity contribution in [2.75, 3.05) is 0 Å². The van der Waals surface area contributed by atoms with Crippen LogP contribution in [0.2, 0.25) is 0 Å². The first kappa shape index (κ1) is 18.0. The standard InChI is InChI=1S/C21H22F4/c1-3-13-4-6-14(7-5-13)15-8-19(24)21(20(25)9-15)16-10-17(22)12(2)18(23)11-16/h8-11,13-14H,3-7H2,1-2H3. The van der Waals surface area contributed by atoms with Gasteiger partial charge < -0.3 is 0 Å². The molecule has 2 aromatic rings. The molecule has 0 nitrogen and oxygen atoms in total. The van der Waals surface area contributed by atoms with Gasteiger partial charge in [-0.25, -0.2) is 17.6 Å². The highest BCUT2D eigenvalue weighted by molar-refractivity contribution is 5.66. The summed E-state index contributed by atoms with van der Waals surface area (Å²) >= 11 is 0. The Hall–Kier alpha value is -1.84. The number of benzene rings is 2. The molecule has 25 heavy (non-hydrogen) atoms. The van der Waals surface area contributed by atoms with Crippen molar-refractivity contribution in [3.05, 3.63) is 58.7 Å². The fourth-order valence-corrected chi connectivity index (χ4v) is 3.80. The van der Waals surface area contributed by atoms with Crippen molar-refractivity contribution in [3.8, 4) is 11.1 Å². The molecule has 1 aliphatic rings. The van der Waals surface area contributed by atoms with Crippen LogP contribution in [0, 0.1) is 36.1 Å². The zero-order valence-electron chi connectivity index (χ0n) is 14.5. The minimum atomic E-state index is -0.809. The molecule has 0 aliphatic heterocycles. The highest BCUT2D eigenvalue weighted by Crippen LogP contribution is 2.39. The lowest BCUT2D eigenvalue weighted by atomic mass is 9.77. The van der Waals surface area contributed by atoms with Crippen molar-refractivity contribution in [1.29, 1.82) is 0 Å². The molecule has 2 aromatic carbocycles. The Balaban J connectivity index is 1.94. The van der Waals surface area contributed by atoms with Crippen molar-refractivity contribution < 1.29 is 17.6 Å². The Morgan fingerprint density at radius 1 is 0.800 bits per heavy atom. The van der Waals surface area contributed by atoms with Gasteiger partial charge in [-0.3, -0.25) is 0 Å². The summed E-state index contributed by atoms with van der Waals surface area (Å²) in [6.45, 7) is 3.45. The maximum Gasteiger partial charge on any atom is 0.134 e. The highest BCUT2D eigenvalue weighted by atomic mass is 19.1. The molecule has 0 N–H and O–H groups in total. The number of hydrogen-bond acceptors (Lipinski definition) is 0. The first-order valence-corrected chi connectivity index (χ1v) is 8.85. The predicted molar refractivity (Wildman–Crippen MR) is 91.4 cm³/mol. The molecule has 0 atom stereocenters. The second-order valence-electron chi connectivity index (χ2n) is 7.05. The van der Waals surface area contributed by atoms with Crippen LogP contribution in [0.5, 0.6) is 0 Å². The molecule has 1 aliphatic carbocycles. The summed E-state index contributed by atoms with van der Waals surface area (Å²) in [6, 6.07) is 4.61. The molecule has 0 bridgehead atoms. The van der Waals surface area contributed by atoms with Crippen molar-refractivity contribution >= 4 is 0 Å². The minimum Gasteiger partial charge on any atom is -0.207 e. The predicted octanol–water partition coefficient (Wildman–Crippen LogP) is 6.90. The Bertz CT molecular complexity index is 727. The van der Waals surface area contributed by atoms with E-state index in [1.54, 1.807) is 0 Å². The molecule has 4 heteroatoms. The van der Waals surface area contributed by atoms with E-state index in [4.69, 9.17) is 0 Å². The second-order valence-corrected chi connectivity index (χ2v) is 7.05. The maximum atomic E-state index is 14.6. The van der Waals surface area contributed by atoms with E-state index in [9.17, 15) is 17.6 Å². The topological polar surface area (TPSA) is 0 Å². The van der Waals surface area contributed by atoms with Crippen LogP contribution < -0.4 is 0 Å². The molecule has 0 spiro atoms. The molecule has 0 heterocycles. The van der Waals surface area contributed by atoms with E-state index in [2.05, 4.69) is 6.92 Å². The number of rotatable bonds is 3. The van der Waals surface area contributed by atoms with Gasteiger partial charge in [0.1, 0.15) is 23.3 Å². The van der Waals surface area contributed by atoms with Crippen LogP contribution in [-0.4, -0.2) is 0 Å². The quantitative estimate of drug-likeness (QED) is 0.528. The molecular weight excluding hydrogens is 328 g/mol. The van der Waals surface area contributed by atoms with Gasteiger partial charge in [0.25, 0.3) is 0 Å². The van der Waals surface area contributed by atoms with E-state index in [-0.39, 0.29) is 22.6 Å². The molecule has 0 amide bonds. The molecule has 1 saturated carbocycles. The lowest BCUT2D eigenvalue weighted by Gasteiger charge is -2.28. The number of halogens is 4. The van der Waals surface area contributed by atoms with Gasteiger partial charge in [-0.1, -0.05) is 13.3 Å². The molecular formula is C21H22F4. The first-order valence-electron chi connectivity index (χ1n) is 8.85. The van der Waals surface area contributed by atoms with Crippen molar-refractivity contribution in [2.24, 2.45) is 5.92 Å². The van der Waals surface area contributed by atoms with Crippen LogP contribution in [0.1, 0.15) is 56.1 Å². The summed E-state index contributed by atoms with van der Waals surface area (Å²) < 4.78 is 56.6. The maximum absolute atomic E-state index is 14.6. The summed E-state index contributed by atoms with van der Waals surface area (Å²) in [5, 5.41) is 0. The van der Waals surface area contributed by atoms with E-state index in [1.165, 1.54) is 19.1 Å². The fraction of sp³-hybridized carbons (Fsp3) is 0.429. The Kier molecular flexibility index (Phi) is 5.16. The Morgan fingerprint density at radius 3 is 1.80 bits per heavy atom. The third kappa shape index (κ3) is 3.58. The van der Waals surface area contributed by atoms with Crippen LogP contribution in [0.15, 0.2) is 24.3 Å². The smallest absolute Gasteiger partial charge is 0.134 e. The van der Waals surface area contributed by atoms with Crippen molar-refractivity contribution in [3.63, 3.8) is 0 Å². The van der Waals surface area contributed by atoms with Gasteiger partial charge in [0.15, 0.2) is 0 Å². The van der Waals surface area contributed by atoms with Crippen molar-refractivity contribution in [1.82, 2.24) is 0 Å². The summed E-state index contributed by atoms with van der Waals surface area (Å²) in [5.74, 6) is -2.31. The normalized spacial score (nSPS) is 20.7. The summed E-state index contributed by atoms with van der Waals surface area (Å²) in [4.78, 5) is 0. The van der Waals surface area contributed by atoms with Crippen LogP contribution in [0.3, 0.4) is 0 Å². The highest BCUT2D eigenvalue weighted by Gasteiger charge is 2.24. The largest absolute Gasteiger partial charge is 0.207 e. The summed E-state index contributed by atoms with van der Waals surface area (Å²) in [5.41, 5.74) is -0.00383. The third-order valence-corrected chi connectivity index (χ3v) is 5.53. The summed E-state index contributed by atoms with van der Waals surface area (Å²) in [7, 11) is 0. The lowest BCUT2D eigenvalue weighted by molar-refractivity contribution is 0.318. The SMILES string of the molecule is CCC1CCC(c2cc(F)c(-c3cc(F)c(C)c(F)c3)c(F)c2)CC1. The van der Waals surface area contributed by atoms with Gasteiger partial charge in [0.05, 0.1) is 5.56 Å². The monoisotopic (exact) mass is 350 g/mol. The molecule has 3 rings (SSSR count). The lowest BCUT2D eigenvalue weighted by Crippen LogP contribution is -2.13. The van der Waals surface area contributed by atoms with Gasteiger partial charge in [0.2, 0.25) is 0 Å². The minimum absolute atomic E-state index is 0.114. The zero-order valence-corrected chi connectivity index (χ0v) is 14.5. The van der Waals surface area contributed by atoms with Crippen LogP contribution in [0.25, 0.3) is 11.1 Å². The average molecular weight is 350 g/mol. The van der Waals surface area contributed by atoms with E-state index in [0.29, 0.717) is 11.5 Å². The third-order valence-electron chi connectivity index (χ3n) is 5.53. The van der Waals surface area contributed by atoms with E-state index in [0.717, 1.165) is 44.2 Å². The zero-order chi connectivity index (χ0) is 18.1. The van der Waals surface area contributed by atoms with Crippen LogP contribution in [-0.2, 0) is 0 Å². The molecule has 0 radical (unpaired) electrons. The average Bonchev–Trinajstić information content (AvgIpc) is 2.59. The first-order chi connectivity index (χ1) is 11.9. The van der Waals surface area contributed by atoms with Gasteiger partial charge in [-0.05, 0) is 79.8 Å². The van der Waals surface area contributed by atoms with Gasteiger partial charge in [-0.2, -0.15) is 0 Å². The van der Waals surface area contributed by atoms with Crippen molar-refractivity contribution in [2.45, 2.75) is 51.9 Å². The van der Waals surface area contributed by atoms with E-state index in [1.807, 2.05) is 0 Å². The number of hydrogen-bond donors (Lipinski definition) is 0. The van der Waals surface area contributed by atoms with Crippen LogP contribution in [0.4, 0.5) is 17.6 Å². The van der Waals surface area contributed by atoms with Gasteiger partial charge >= 0.3 is 0 Å². The molecule has 1 fully saturated rings. The van der Waals surface area contributed by atoms with E-state index < -0.39 is 23.3 Å². The van der Waals surface area contributed by atoms with Crippen LogP contribution >= 0.6 is 0 Å². The molecule has 0 aromatic heterocycles. The Morgan fingerprint density at radius 2 is 1.32 bits per heavy atom. The van der Waals surface area contributed by atoms with E-state index >= 15 is 0 Å². The van der Waals surface area contributed by atoms with Gasteiger partial charge in [-0.15, -0.1) is 0 Å². The second kappa shape index (κ2) is 7.19. The molecule has 0 saturated heterocycles. The fourth-order valence-electron chi connectivity index (χ4n) is 3.80. The van der Waals surface area contributed by atoms with Gasteiger partial charge in [0, 0.05) is 5.56 Å².